The summed E-state index contributed by atoms with van der Waals surface area (Å²) >= 11 is 0. The Morgan fingerprint density at radius 3 is 2.68 bits per heavy atom. The van der Waals surface area contributed by atoms with E-state index in [0.717, 1.165) is 24.6 Å². The highest BCUT2D eigenvalue weighted by molar-refractivity contribution is 4.97. The van der Waals surface area contributed by atoms with Crippen LogP contribution >= 0.6 is 0 Å². The average Bonchev–Trinajstić information content (AvgIpc) is 2.38. The van der Waals surface area contributed by atoms with Crippen molar-refractivity contribution in [3.05, 3.63) is 0 Å². The van der Waals surface area contributed by atoms with Gasteiger partial charge in [0.25, 0.3) is 0 Å². The van der Waals surface area contributed by atoms with Crippen LogP contribution in [0.1, 0.15) is 52.4 Å². The van der Waals surface area contributed by atoms with Crippen LogP contribution in [0.4, 0.5) is 0 Å². The van der Waals surface area contributed by atoms with Crippen LogP contribution in [0.2, 0.25) is 0 Å². The summed E-state index contributed by atoms with van der Waals surface area (Å²) in [4.78, 5) is 2.82. The molecule has 2 aliphatic carbocycles. The highest BCUT2D eigenvalue weighted by Crippen LogP contribution is 2.38. The van der Waals surface area contributed by atoms with E-state index in [4.69, 9.17) is 4.74 Å². The van der Waals surface area contributed by atoms with Crippen molar-refractivity contribution in [2.24, 2.45) is 5.92 Å². The second-order valence-electron chi connectivity index (χ2n) is 6.97. The van der Waals surface area contributed by atoms with E-state index in [1.54, 1.807) is 0 Å². The molecule has 3 heteroatoms. The zero-order chi connectivity index (χ0) is 13.2. The van der Waals surface area contributed by atoms with Gasteiger partial charge in [0.1, 0.15) is 0 Å². The third-order valence-corrected chi connectivity index (χ3v) is 5.37. The van der Waals surface area contributed by atoms with E-state index in [1.165, 1.54) is 51.6 Å². The Morgan fingerprint density at radius 1 is 1.11 bits per heavy atom. The van der Waals surface area contributed by atoms with Gasteiger partial charge in [0.05, 0.1) is 12.7 Å². The molecule has 1 N–H and O–H groups in total. The quantitative estimate of drug-likeness (QED) is 0.845. The fourth-order valence-electron chi connectivity index (χ4n) is 4.15. The monoisotopic (exact) mass is 266 g/mol. The smallest absolute Gasteiger partial charge is 0.0731 e. The van der Waals surface area contributed by atoms with Crippen molar-refractivity contribution in [2.45, 2.75) is 76.6 Å². The van der Waals surface area contributed by atoms with Crippen molar-refractivity contribution in [3.63, 3.8) is 0 Å². The topological polar surface area (TPSA) is 24.5 Å². The molecule has 0 aromatic carbocycles. The van der Waals surface area contributed by atoms with Gasteiger partial charge in [-0.2, -0.15) is 0 Å². The third kappa shape index (κ3) is 2.98. The molecule has 0 spiro atoms. The fourth-order valence-corrected chi connectivity index (χ4v) is 4.15. The molecule has 3 nitrogen and oxygen atoms in total. The van der Waals surface area contributed by atoms with Crippen molar-refractivity contribution in [3.8, 4) is 0 Å². The SMILES string of the molecule is CC(C)NCC1CCC1N1CCOC2CCCCC21. The number of fused-ring (bicyclic) bond motifs is 1. The van der Waals surface area contributed by atoms with Gasteiger partial charge in [0.2, 0.25) is 0 Å². The standard InChI is InChI=1S/C16H30N2O/c1-12(2)17-11-13-7-8-14(13)18-9-10-19-16-6-4-3-5-15(16)18/h12-17H,3-11H2,1-2H3. The minimum atomic E-state index is 0.543. The minimum Gasteiger partial charge on any atom is -0.375 e. The number of morpholine rings is 1. The first-order chi connectivity index (χ1) is 9.25. The van der Waals surface area contributed by atoms with Gasteiger partial charge in [-0.1, -0.05) is 26.7 Å². The second-order valence-corrected chi connectivity index (χ2v) is 6.97. The predicted octanol–water partition coefficient (Wildman–Crippen LogP) is 2.41. The molecule has 0 radical (unpaired) electrons. The van der Waals surface area contributed by atoms with Gasteiger partial charge < -0.3 is 10.1 Å². The van der Waals surface area contributed by atoms with E-state index in [-0.39, 0.29) is 0 Å². The number of hydrogen-bond donors (Lipinski definition) is 1. The highest BCUT2D eigenvalue weighted by atomic mass is 16.5. The third-order valence-electron chi connectivity index (χ3n) is 5.37. The normalized spacial score (nSPS) is 39.9. The second kappa shape index (κ2) is 6.11. The number of nitrogens with one attached hydrogen (secondary N) is 1. The van der Waals surface area contributed by atoms with Crippen LogP contribution in [0.25, 0.3) is 0 Å². The van der Waals surface area contributed by atoms with Gasteiger partial charge in [-0.15, -0.1) is 0 Å². The average molecular weight is 266 g/mol. The summed E-state index contributed by atoms with van der Waals surface area (Å²) in [5.41, 5.74) is 0. The molecule has 19 heavy (non-hydrogen) atoms. The lowest BCUT2D eigenvalue weighted by atomic mass is 9.76. The molecule has 3 rings (SSSR count). The van der Waals surface area contributed by atoms with Crippen molar-refractivity contribution >= 4 is 0 Å². The minimum absolute atomic E-state index is 0.543. The van der Waals surface area contributed by atoms with Crippen molar-refractivity contribution < 1.29 is 4.74 Å². The number of hydrogen-bond acceptors (Lipinski definition) is 3. The first kappa shape index (κ1) is 13.8. The number of rotatable bonds is 4. The Labute approximate surface area is 118 Å². The van der Waals surface area contributed by atoms with Gasteiger partial charge in [-0.05, 0) is 38.1 Å². The first-order valence-electron chi connectivity index (χ1n) is 8.36. The summed E-state index contributed by atoms with van der Waals surface area (Å²) in [6.45, 7) is 7.84. The lowest BCUT2D eigenvalue weighted by Gasteiger charge is -2.53. The Hall–Kier alpha value is -0.120. The van der Waals surface area contributed by atoms with Gasteiger partial charge in [-0.3, -0.25) is 4.90 Å². The van der Waals surface area contributed by atoms with E-state index < -0.39 is 0 Å². The van der Waals surface area contributed by atoms with Crippen LogP contribution < -0.4 is 5.32 Å². The molecular weight excluding hydrogens is 236 g/mol. The highest BCUT2D eigenvalue weighted by Gasteiger charge is 2.43. The molecule has 2 saturated carbocycles. The molecule has 1 heterocycles. The molecular formula is C16H30N2O. The zero-order valence-corrected chi connectivity index (χ0v) is 12.6. The molecule has 110 valence electrons. The van der Waals surface area contributed by atoms with E-state index >= 15 is 0 Å². The van der Waals surface area contributed by atoms with E-state index in [2.05, 4.69) is 24.1 Å². The van der Waals surface area contributed by atoms with Crippen LogP contribution in [0.3, 0.4) is 0 Å². The van der Waals surface area contributed by atoms with Crippen molar-refractivity contribution in [1.29, 1.82) is 0 Å². The van der Waals surface area contributed by atoms with E-state index in [9.17, 15) is 0 Å². The maximum absolute atomic E-state index is 6.01. The molecule has 0 aromatic rings. The van der Waals surface area contributed by atoms with Gasteiger partial charge >= 0.3 is 0 Å². The van der Waals surface area contributed by atoms with Crippen molar-refractivity contribution in [2.75, 3.05) is 19.7 Å². The Kier molecular flexibility index (Phi) is 4.45. The molecule has 0 aromatic heterocycles. The maximum atomic E-state index is 6.01. The van der Waals surface area contributed by atoms with Crippen LogP contribution in [-0.4, -0.2) is 48.8 Å². The van der Waals surface area contributed by atoms with E-state index in [1.807, 2.05) is 0 Å². The molecule has 3 fully saturated rings. The molecule has 4 unspecified atom stereocenters. The molecule has 1 aliphatic heterocycles. The Morgan fingerprint density at radius 2 is 1.95 bits per heavy atom. The maximum Gasteiger partial charge on any atom is 0.0731 e. The van der Waals surface area contributed by atoms with Gasteiger partial charge in [0.15, 0.2) is 0 Å². The number of ether oxygens (including phenoxy) is 1. The summed E-state index contributed by atoms with van der Waals surface area (Å²) in [7, 11) is 0. The molecule has 3 aliphatic rings. The molecule has 0 amide bonds. The van der Waals surface area contributed by atoms with Crippen LogP contribution in [0.5, 0.6) is 0 Å². The fraction of sp³-hybridized carbons (Fsp3) is 1.00. The summed E-state index contributed by atoms with van der Waals surface area (Å²) in [5.74, 6) is 0.878. The number of nitrogens with zero attached hydrogens (tertiary/aromatic N) is 1. The Balaban J connectivity index is 1.57. The molecule has 0 bridgehead atoms. The molecule has 4 atom stereocenters. The predicted molar refractivity (Wildman–Crippen MR) is 78.4 cm³/mol. The van der Waals surface area contributed by atoms with Crippen LogP contribution in [0, 0.1) is 5.92 Å². The lowest BCUT2D eigenvalue weighted by Crippen LogP contribution is -2.61. The lowest BCUT2D eigenvalue weighted by molar-refractivity contribution is -0.124. The molecule has 1 saturated heterocycles. The van der Waals surface area contributed by atoms with Crippen LogP contribution in [-0.2, 0) is 4.74 Å². The van der Waals surface area contributed by atoms with Gasteiger partial charge in [-0.25, -0.2) is 0 Å². The summed E-state index contributed by atoms with van der Waals surface area (Å²) < 4.78 is 6.01. The Bertz CT molecular complexity index is 292. The van der Waals surface area contributed by atoms with Gasteiger partial charge in [0, 0.05) is 24.7 Å². The summed E-state index contributed by atoms with van der Waals surface area (Å²) in [5, 5.41) is 3.63. The van der Waals surface area contributed by atoms with Crippen LogP contribution in [0.15, 0.2) is 0 Å². The van der Waals surface area contributed by atoms with E-state index in [0.29, 0.717) is 12.1 Å². The first-order valence-corrected chi connectivity index (χ1v) is 8.36. The summed E-state index contributed by atoms with van der Waals surface area (Å²) in [6.07, 6.45) is 8.81. The largest absolute Gasteiger partial charge is 0.375 e. The van der Waals surface area contributed by atoms with Crippen molar-refractivity contribution in [1.82, 2.24) is 10.2 Å². The zero-order valence-electron chi connectivity index (χ0n) is 12.6. The summed E-state index contributed by atoms with van der Waals surface area (Å²) in [6, 6.07) is 2.18.